The van der Waals surface area contributed by atoms with Crippen LogP contribution in [0.5, 0.6) is 0 Å². The van der Waals surface area contributed by atoms with E-state index in [1.807, 2.05) is 0 Å². The molecule has 0 aromatic carbocycles. The van der Waals surface area contributed by atoms with Crippen LogP contribution in [0.1, 0.15) is 45.4 Å². The largest absolute Gasteiger partial charge is 0.330 e. The zero-order valence-corrected chi connectivity index (χ0v) is 10.4. The van der Waals surface area contributed by atoms with E-state index in [1.165, 1.54) is 19.3 Å². The molecule has 2 N–H and O–H groups in total. The first kappa shape index (κ1) is 13.0. The van der Waals surface area contributed by atoms with Gasteiger partial charge in [-0.3, -0.25) is 0 Å². The third-order valence-electron chi connectivity index (χ3n) is 3.38. The van der Waals surface area contributed by atoms with Crippen molar-refractivity contribution in [2.45, 2.75) is 50.7 Å². The van der Waals surface area contributed by atoms with Crippen molar-refractivity contribution < 1.29 is 8.42 Å². The molecule has 1 atom stereocenters. The Hall–Kier alpha value is -0.0900. The minimum atomic E-state index is -2.90. The van der Waals surface area contributed by atoms with E-state index < -0.39 is 9.84 Å². The molecule has 90 valence electrons. The van der Waals surface area contributed by atoms with E-state index in [9.17, 15) is 8.42 Å². The van der Waals surface area contributed by atoms with Crippen LogP contribution >= 0.6 is 0 Å². The number of hydrogen-bond donors (Lipinski definition) is 1. The second kappa shape index (κ2) is 5.85. The first-order chi connectivity index (χ1) is 7.06. The standard InChI is InChI=1S/C11H23NO2S/c1-10(7-8-12)15(13,14)9-11-5-3-2-4-6-11/h10-11H,2-9,12H2,1H3. The van der Waals surface area contributed by atoms with E-state index in [-0.39, 0.29) is 5.25 Å². The summed E-state index contributed by atoms with van der Waals surface area (Å²) in [5.74, 6) is 0.790. The van der Waals surface area contributed by atoms with Gasteiger partial charge in [0.1, 0.15) is 0 Å². The minimum Gasteiger partial charge on any atom is -0.330 e. The van der Waals surface area contributed by atoms with Gasteiger partial charge in [0.15, 0.2) is 9.84 Å². The van der Waals surface area contributed by atoms with Crippen LogP contribution in [-0.4, -0.2) is 26.0 Å². The quantitative estimate of drug-likeness (QED) is 0.786. The van der Waals surface area contributed by atoms with Gasteiger partial charge in [-0.15, -0.1) is 0 Å². The Morgan fingerprint density at radius 2 is 1.87 bits per heavy atom. The molecule has 1 unspecified atom stereocenters. The van der Waals surface area contributed by atoms with Crippen molar-refractivity contribution in [3.63, 3.8) is 0 Å². The fraction of sp³-hybridized carbons (Fsp3) is 1.00. The molecule has 0 saturated heterocycles. The molecular weight excluding hydrogens is 210 g/mol. The van der Waals surface area contributed by atoms with Gasteiger partial charge in [0.25, 0.3) is 0 Å². The molecule has 1 aliphatic carbocycles. The van der Waals surface area contributed by atoms with Gasteiger partial charge in [-0.1, -0.05) is 19.3 Å². The third-order valence-corrected chi connectivity index (χ3v) is 5.78. The molecule has 1 aliphatic rings. The van der Waals surface area contributed by atoms with Crippen molar-refractivity contribution in [2.24, 2.45) is 11.7 Å². The van der Waals surface area contributed by atoms with Crippen LogP contribution in [0.25, 0.3) is 0 Å². The highest BCUT2D eigenvalue weighted by Gasteiger charge is 2.25. The fourth-order valence-corrected chi connectivity index (χ4v) is 4.08. The molecule has 4 heteroatoms. The van der Waals surface area contributed by atoms with Crippen LogP contribution in [0.3, 0.4) is 0 Å². The lowest BCUT2D eigenvalue weighted by Crippen LogP contribution is -2.28. The van der Waals surface area contributed by atoms with Gasteiger partial charge in [-0.25, -0.2) is 8.42 Å². The maximum Gasteiger partial charge on any atom is 0.153 e. The summed E-state index contributed by atoms with van der Waals surface area (Å²) in [6.07, 6.45) is 6.45. The second-order valence-electron chi connectivity index (χ2n) is 4.72. The number of sulfone groups is 1. The van der Waals surface area contributed by atoms with E-state index in [2.05, 4.69) is 0 Å². The Morgan fingerprint density at radius 1 is 1.27 bits per heavy atom. The summed E-state index contributed by atoms with van der Waals surface area (Å²) >= 11 is 0. The number of rotatable bonds is 5. The lowest BCUT2D eigenvalue weighted by Gasteiger charge is -2.23. The molecule has 15 heavy (non-hydrogen) atoms. The molecule has 0 aromatic heterocycles. The van der Waals surface area contributed by atoms with Gasteiger partial charge >= 0.3 is 0 Å². The smallest absolute Gasteiger partial charge is 0.153 e. The Morgan fingerprint density at radius 3 is 2.40 bits per heavy atom. The molecule has 0 spiro atoms. The summed E-state index contributed by atoms with van der Waals surface area (Å²) in [4.78, 5) is 0. The van der Waals surface area contributed by atoms with Gasteiger partial charge in [0.05, 0.1) is 11.0 Å². The van der Waals surface area contributed by atoms with E-state index in [4.69, 9.17) is 5.73 Å². The molecule has 0 radical (unpaired) electrons. The SMILES string of the molecule is CC(CCN)S(=O)(=O)CC1CCCCC1. The maximum atomic E-state index is 11.9. The highest BCUT2D eigenvalue weighted by Crippen LogP contribution is 2.26. The van der Waals surface area contributed by atoms with E-state index in [0.717, 1.165) is 12.8 Å². The van der Waals surface area contributed by atoms with Crippen molar-refractivity contribution in [3.8, 4) is 0 Å². The highest BCUT2D eigenvalue weighted by atomic mass is 32.2. The number of nitrogens with two attached hydrogens (primary N) is 1. The van der Waals surface area contributed by atoms with Crippen molar-refractivity contribution in [1.82, 2.24) is 0 Å². The van der Waals surface area contributed by atoms with Crippen LogP contribution in [0.15, 0.2) is 0 Å². The first-order valence-corrected chi connectivity index (χ1v) is 7.69. The molecule has 1 saturated carbocycles. The zero-order valence-electron chi connectivity index (χ0n) is 9.61. The van der Waals surface area contributed by atoms with E-state index in [0.29, 0.717) is 24.6 Å². The van der Waals surface area contributed by atoms with Crippen molar-refractivity contribution in [1.29, 1.82) is 0 Å². The Balaban J connectivity index is 2.47. The third kappa shape index (κ3) is 4.11. The van der Waals surface area contributed by atoms with Crippen LogP contribution < -0.4 is 5.73 Å². The van der Waals surface area contributed by atoms with Crippen molar-refractivity contribution in [2.75, 3.05) is 12.3 Å². The van der Waals surface area contributed by atoms with E-state index in [1.54, 1.807) is 6.92 Å². The lowest BCUT2D eigenvalue weighted by molar-refractivity contribution is 0.384. The minimum absolute atomic E-state index is 0.260. The molecule has 1 fully saturated rings. The number of hydrogen-bond acceptors (Lipinski definition) is 3. The predicted molar refractivity (Wildman–Crippen MR) is 63.5 cm³/mol. The molecule has 0 bridgehead atoms. The summed E-state index contributed by atoms with van der Waals surface area (Å²) in [5, 5.41) is -0.260. The first-order valence-electron chi connectivity index (χ1n) is 5.98. The Labute approximate surface area is 93.3 Å². The molecule has 3 nitrogen and oxygen atoms in total. The van der Waals surface area contributed by atoms with Gasteiger partial charge in [-0.2, -0.15) is 0 Å². The second-order valence-corrected chi connectivity index (χ2v) is 7.19. The van der Waals surface area contributed by atoms with Crippen LogP contribution in [0.4, 0.5) is 0 Å². The summed E-state index contributed by atoms with van der Waals surface area (Å²) in [6, 6.07) is 0. The highest BCUT2D eigenvalue weighted by molar-refractivity contribution is 7.92. The van der Waals surface area contributed by atoms with Crippen molar-refractivity contribution in [3.05, 3.63) is 0 Å². The molecular formula is C11H23NO2S. The summed E-state index contributed by atoms with van der Waals surface area (Å²) in [7, 11) is -2.90. The average molecular weight is 233 g/mol. The topological polar surface area (TPSA) is 60.2 Å². The zero-order chi connectivity index (χ0) is 11.3. The monoisotopic (exact) mass is 233 g/mol. The molecule has 0 heterocycles. The molecule has 0 aromatic rings. The molecule has 1 rings (SSSR count). The predicted octanol–water partition coefficient (Wildman–Crippen LogP) is 1.72. The van der Waals surface area contributed by atoms with Crippen molar-refractivity contribution >= 4 is 9.84 Å². The van der Waals surface area contributed by atoms with E-state index >= 15 is 0 Å². The van der Waals surface area contributed by atoms with Gasteiger partial charge in [0.2, 0.25) is 0 Å². The molecule has 0 amide bonds. The van der Waals surface area contributed by atoms with Crippen LogP contribution in [0.2, 0.25) is 0 Å². The Bertz CT molecular complexity index is 268. The molecule has 0 aliphatic heterocycles. The van der Waals surface area contributed by atoms with Gasteiger partial charge in [-0.05, 0) is 38.6 Å². The summed E-state index contributed by atoms with van der Waals surface area (Å²) in [6.45, 7) is 2.25. The summed E-state index contributed by atoms with van der Waals surface area (Å²) < 4.78 is 23.9. The summed E-state index contributed by atoms with van der Waals surface area (Å²) in [5.41, 5.74) is 5.39. The maximum absolute atomic E-state index is 11.9. The van der Waals surface area contributed by atoms with Gasteiger partial charge in [0, 0.05) is 0 Å². The normalized spacial score (nSPS) is 21.5. The van der Waals surface area contributed by atoms with Gasteiger partial charge < -0.3 is 5.73 Å². The fourth-order valence-electron chi connectivity index (χ4n) is 2.26. The Kier molecular flexibility index (Phi) is 5.06. The van der Waals surface area contributed by atoms with Crippen LogP contribution in [-0.2, 0) is 9.84 Å². The van der Waals surface area contributed by atoms with Crippen LogP contribution in [0, 0.1) is 5.92 Å². The lowest BCUT2D eigenvalue weighted by atomic mass is 9.91. The average Bonchev–Trinajstić information content (AvgIpc) is 2.19.